The van der Waals surface area contributed by atoms with Crippen LogP contribution in [-0.4, -0.2) is 62.1 Å². The number of benzene rings is 1. The van der Waals surface area contributed by atoms with Crippen LogP contribution in [-0.2, 0) is 0 Å². The number of piperidine rings is 1. The van der Waals surface area contributed by atoms with Crippen molar-refractivity contribution in [3.63, 3.8) is 0 Å². The van der Waals surface area contributed by atoms with Crippen molar-refractivity contribution in [2.24, 2.45) is 5.92 Å². The van der Waals surface area contributed by atoms with E-state index in [-0.39, 0.29) is 5.91 Å². The number of nitrogens with one attached hydrogen (secondary N) is 1. The Labute approximate surface area is 150 Å². The topological polar surface area (TPSA) is 35.6 Å². The van der Waals surface area contributed by atoms with Crippen molar-refractivity contribution in [3.05, 3.63) is 29.8 Å². The van der Waals surface area contributed by atoms with Crippen LogP contribution in [0.25, 0.3) is 0 Å². The quantitative estimate of drug-likeness (QED) is 0.888. The average Bonchev–Trinajstić information content (AvgIpc) is 3.15. The Kier molecular flexibility index (Phi) is 6.06. The van der Waals surface area contributed by atoms with E-state index < -0.39 is 0 Å². The van der Waals surface area contributed by atoms with Gasteiger partial charge in [-0.25, -0.2) is 0 Å². The number of hydrogen-bond donors (Lipinski definition) is 1. The Morgan fingerprint density at radius 2 is 2.08 bits per heavy atom. The summed E-state index contributed by atoms with van der Waals surface area (Å²) < 4.78 is 0. The van der Waals surface area contributed by atoms with Crippen molar-refractivity contribution in [3.8, 4) is 0 Å². The minimum Gasteiger partial charge on any atom is -0.378 e. The van der Waals surface area contributed by atoms with Crippen LogP contribution in [0, 0.1) is 5.92 Å². The molecule has 2 heterocycles. The molecule has 2 aliphatic heterocycles. The van der Waals surface area contributed by atoms with E-state index in [2.05, 4.69) is 22.0 Å². The number of nitrogens with zero attached hydrogens (tertiary/aromatic N) is 2. The highest BCUT2D eigenvalue weighted by Crippen LogP contribution is 2.26. The van der Waals surface area contributed by atoms with E-state index >= 15 is 0 Å². The third kappa shape index (κ3) is 4.45. The molecule has 1 unspecified atom stereocenters. The Bertz CT molecular complexity index is 549. The summed E-state index contributed by atoms with van der Waals surface area (Å²) in [6.07, 6.45) is 3.77. The molecule has 1 amide bonds. The lowest BCUT2D eigenvalue weighted by Gasteiger charge is -2.35. The smallest absolute Gasteiger partial charge is 0.251 e. The summed E-state index contributed by atoms with van der Waals surface area (Å²) in [6.45, 7) is 3.20. The van der Waals surface area contributed by atoms with Gasteiger partial charge in [0, 0.05) is 43.7 Å². The maximum absolute atomic E-state index is 12.4. The highest BCUT2D eigenvalue weighted by Gasteiger charge is 2.27. The van der Waals surface area contributed by atoms with Gasteiger partial charge in [0.2, 0.25) is 0 Å². The minimum absolute atomic E-state index is 0.0494. The van der Waals surface area contributed by atoms with Crippen LogP contribution in [0.3, 0.4) is 0 Å². The van der Waals surface area contributed by atoms with Crippen LogP contribution in [0.4, 0.5) is 5.69 Å². The molecule has 2 saturated heterocycles. The van der Waals surface area contributed by atoms with E-state index in [1.807, 2.05) is 43.3 Å². The Balaban J connectivity index is 1.44. The molecule has 2 aliphatic rings. The van der Waals surface area contributed by atoms with Crippen molar-refractivity contribution in [1.29, 1.82) is 0 Å². The molecule has 2 fully saturated rings. The lowest BCUT2D eigenvalue weighted by atomic mass is 9.95. The molecule has 0 aliphatic carbocycles. The molecule has 1 aromatic carbocycles. The molecule has 0 radical (unpaired) electrons. The number of amides is 1. The van der Waals surface area contributed by atoms with Crippen molar-refractivity contribution in [2.45, 2.75) is 25.3 Å². The van der Waals surface area contributed by atoms with Gasteiger partial charge in [0.25, 0.3) is 5.91 Å². The Hall–Kier alpha value is -1.20. The van der Waals surface area contributed by atoms with E-state index in [9.17, 15) is 4.79 Å². The number of carbonyl (C=O) groups is 1. The zero-order valence-electron chi connectivity index (χ0n) is 14.8. The van der Waals surface area contributed by atoms with Gasteiger partial charge in [0.1, 0.15) is 0 Å². The van der Waals surface area contributed by atoms with Crippen molar-refractivity contribution >= 4 is 23.4 Å². The van der Waals surface area contributed by atoms with Crippen LogP contribution < -0.4 is 10.2 Å². The largest absolute Gasteiger partial charge is 0.378 e. The zero-order chi connectivity index (χ0) is 16.9. The molecule has 3 rings (SSSR count). The van der Waals surface area contributed by atoms with Gasteiger partial charge in [-0.05, 0) is 62.2 Å². The van der Waals surface area contributed by atoms with Gasteiger partial charge in [-0.15, -0.1) is 0 Å². The van der Waals surface area contributed by atoms with E-state index in [0.717, 1.165) is 23.8 Å². The lowest BCUT2D eigenvalue weighted by Crippen LogP contribution is -2.43. The second kappa shape index (κ2) is 8.26. The number of anilines is 1. The zero-order valence-corrected chi connectivity index (χ0v) is 15.6. The van der Waals surface area contributed by atoms with Gasteiger partial charge in [-0.2, -0.15) is 11.8 Å². The molecule has 132 valence electrons. The molecule has 24 heavy (non-hydrogen) atoms. The van der Waals surface area contributed by atoms with E-state index in [1.165, 1.54) is 43.9 Å². The summed E-state index contributed by atoms with van der Waals surface area (Å²) in [5.74, 6) is 3.31. The lowest BCUT2D eigenvalue weighted by molar-refractivity contribution is 0.0928. The summed E-state index contributed by atoms with van der Waals surface area (Å²) in [5.41, 5.74) is 1.81. The molecule has 0 saturated carbocycles. The molecule has 5 heteroatoms. The van der Waals surface area contributed by atoms with Gasteiger partial charge in [0.15, 0.2) is 0 Å². The fourth-order valence-electron chi connectivity index (χ4n) is 3.60. The highest BCUT2D eigenvalue weighted by atomic mass is 32.2. The fourth-order valence-corrected chi connectivity index (χ4v) is 4.85. The maximum atomic E-state index is 12.4. The second-order valence-electron chi connectivity index (χ2n) is 7.15. The van der Waals surface area contributed by atoms with Gasteiger partial charge in [-0.3, -0.25) is 9.69 Å². The molecular weight excluding hydrogens is 318 g/mol. The van der Waals surface area contributed by atoms with Crippen molar-refractivity contribution in [1.82, 2.24) is 10.2 Å². The van der Waals surface area contributed by atoms with Gasteiger partial charge in [-0.1, -0.05) is 6.07 Å². The molecule has 0 aromatic heterocycles. The first-order valence-corrected chi connectivity index (χ1v) is 10.2. The van der Waals surface area contributed by atoms with Crippen molar-refractivity contribution < 1.29 is 4.79 Å². The van der Waals surface area contributed by atoms with Crippen LogP contribution in [0.1, 0.15) is 29.6 Å². The van der Waals surface area contributed by atoms with E-state index in [1.54, 1.807) is 0 Å². The number of likely N-dealkylation sites (tertiary alicyclic amines) is 1. The van der Waals surface area contributed by atoms with Crippen LogP contribution in [0.15, 0.2) is 24.3 Å². The average molecular weight is 348 g/mol. The van der Waals surface area contributed by atoms with E-state index in [0.29, 0.717) is 5.92 Å². The van der Waals surface area contributed by atoms with Gasteiger partial charge in [0.05, 0.1) is 0 Å². The number of hydrogen-bond acceptors (Lipinski definition) is 4. The standard InChI is InChI=1S/C19H29N3OS/c1-21(2)17-5-3-4-16(12-17)19(23)20-13-15-6-9-22(10-7-15)18-8-11-24-14-18/h3-5,12,15,18H,6-11,13-14H2,1-2H3,(H,20,23). The van der Waals surface area contributed by atoms with Gasteiger partial charge >= 0.3 is 0 Å². The predicted molar refractivity (Wildman–Crippen MR) is 103 cm³/mol. The summed E-state index contributed by atoms with van der Waals surface area (Å²) in [7, 11) is 3.99. The minimum atomic E-state index is 0.0494. The summed E-state index contributed by atoms with van der Waals surface area (Å²) in [4.78, 5) is 17.1. The highest BCUT2D eigenvalue weighted by molar-refractivity contribution is 7.99. The Morgan fingerprint density at radius 1 is 1.29 bits per heavy atom. The SMILES string of the molecule is CN(C)c1cccc(C(=O)NCC2CCN(C3CCSC3)CC2)c1. The monoisotopic (exact) mass is 347 g/mol. The first-order chi connectivity index (χ1) is 11.6. The molecule has 0 bridgehead atoms. The van der Waals surface area contributed by atoms with Crippen LogP contribution in [0.5, 0.6) is 0 Å². The third-order valence-corrected chi connectivity index (χ3v) is 6.39. The van der Waals surface area contributed by atoms with Gasteiger partial charge < -0.3 is 10.2 Å². The van der Waals surface area contributed by atoms with E-state index in [4.69, 9.17) is 0 Å². The fraction of sp³-hybridized carbons (Fsp3) is 0.632. The van der Waals surface area contributed by atoms with Crippen molar-refractivity contribution in [2.75, 3.05) is 50.1 Å². The Morgan fingerprint density at radius 3 is 2.75 bits per heavy atom. The second-order valence-corrected chi connectivity index (χ2v) is 8.30. The first kappa shape index (κ1) is 17.6. The number of carbonyl (C=O) groups excluding carboxylic acids is 1. The summed E-state index contributed by atoms with van der Waals surface area (Å²) in [6, 6.07) is 8.62. The normalized spacial score (nSPS) is 22.5. The predicted octanol–water partition coefficient (Wildman–Crippen LogP) is 2.70. The molecular formula is C19H29N3OS. The molecule has 1 atom stereocenters. The molecule has 0 spiro atoms. The maximum Gasteiger partial charge on any atom is 0.251 e. The van der Waals surface area contributed by atoms with Crippen LogP contribution in [0.2, 0.25) is 0 Å². The number of thioether (sulfide) groups is 1. The summed E-state index contributed by atoms with van der Waals surface area (Å²) >= 11 is 2.09. The first-order valence-electron chi connectivity index (χ1n) is 9.01. The summed E-state index contributed by atoms with van der Waals surface area (Å²) in [5, 5.41) is 3.14. The van der Waals surface area contributed by atoms with Crippen LogP contribution >= 0.6 is 11.8 Å². The third-order valence-electron chi connectivity index (χ3n) is 5.25. The molecule has 4 nitrogen and oxygen atoms in total. The molecule has 1 aromatic rings. The number of rotatable bonds is 5. The molecule has 1 N–H and O–H groups in total.